The number of nitrogens with one attached hydrogen (secondary N) is 2. The van der Waals surface area contributed by atoms with Crippen LogP contribution in [0.15, 0.2) is 43.0 Å². The lowest BCUT2D eigenvalue weighted by Crippen LogP contribution is -2.38. The molecule has 1 aliphatic heterocycles. The molecule has 1 aromatic carbocycles. The summed E-state index contributed by atoms with van der Waals surface area (Å²) in [5.74, 6) is 0.436. The lowest BCUT2D eigenvalue weighted by atomic mass is 10.1. The molecule has 0 bridgehead atoms. The van der Waals surface area contributed by atoms with Gasteiger partial charge >= 0.3 is 0 Å². The molecule has 0 aliphatic carbocycles. The van der Waals surface area contributed by atoms with E-state index < -0.39 is 0 Å². The van der Waals surface area contributed by atoms with Crippen molar-refractivity contribution < 1.29 is 9.53 Å². The highest BCUT2D eigenvalue weighted by atomic mass is 16.5. The van der Waals surface area contributed by atoms with Crippen LogP contribution in [-0.4, -0.2) is 61.5 Å². The number of carbonyl (C=O) groups excluding carboxylic acids is 1. The number of methoxy groups -OCH3 is 1. The Hall–Kier alpha value is -3.31. The van der Waals surface area contributed by atoms with E-state index in [1.54, 1.807) is 29.9 Å². The topological polar surface area (TPSA) is 115 Å². The normalized spacial score (nSPS) is 18.9. The fourth-order valence-corrected chi connectivity index (χ4v) is 3.23. The summed E-state index contributed by atoms with van der Waals surface area (Å²) in [5.41, 5.74) is 7.86. The van der Waals surface area contributed by atoms with Crippen molar-refractivity contribution in [2.24, 2.45) is 5.92 Å². The van der Waals surface area contributed by atoms with E-state index in [9.17, 15) is 4.79 Å². The zero-order chi connectivity index (χ0) is 19.5. The Morgan fingerprint density at radius 1 is 1.43 bits per heavy atom. The second-order valence-electron chi connectivity index (χ2n) is 6.56. The molecule has 0 radical (unpaired) electrons. The SMILES string of the molecule is COc1cccc(-n2cc(CN(C)C(=O)C3CNNC3n3cnnn3)cn2)c1. The molecule has 1 saturated heterocycles. The summed E-state index contributed by atoms with van der Waals surface area (Å²) in [5, 5.41) is 15.6. The second-order valence-corrected chi connectivity index (χ2v) is 6.56. The maximum absolute atomic E-state index is 12.9. The van der Waals surface area contributed by atoms with Crippen LogP contribution in [0.25, 0.3) is 5.69 Å². The molecule has 1 aliphatic rings. The summed E-state index contributed by atoms with van der Waals surface area (Å²) >= 11 is 0. The van der Waals surface area contributed by atoms with Gasteiger partial charge in [0, 0.05) is 38.0 Å². The minimum Gasteiger partial charge on any atom is -0.497 e. The Morgan fingerprint density at radius 3 is 3.11 bits per heavy atom. The van der Waals surface area contributed by atoms with Crippen LogP contribution in [-0.2, 0) is 11.3 Å². The zero-order valence-electron chi connectivity index (χ0n) is 15.6. The standard InChI is InChI=1S/C17H21N9O2/c1-24(17(27)15-8-18-21-16(15)26-11-19-22-23-26)9-12-7-20-25(10-12)13-4-3-5-14(6-13)28-2/h3-7,10-11,15-16,18,21H,8-9H2,1-2H3. The van der Waals surface area contributed by atoms with E-state index in [1.807, 2.05) is 30.5 Å². The Bertz CT molecular complexity index is 940. The summed E-state index contributed by atoms with van der Waals surface area (Å²) in [6.45, 7) is 0.943. The molecule has 3 heterocycles. The number of carbonyl (C=O) groups is 1. The summed E-state index contributed by atoms with van der Waals surface area (Å²) in [7, 11) is 3.41. The number of amides is 1. The lowest BCUT2D eigenvalue weighted by Gasteiger charge is -2.23. The van der Waals surface area contributed by atoms with Crippen molar-refractivity contribution in [3.8, 4) is 11.4 Å². The van der Waals surface area contributed by atoms with Crippen molar-refractivity contribution in [3.63, 3.8) is 0 Å². The minimum atomic E-state index is -0.329. The maximum Gasteiger partial charge on any atom is 0.230 e. The first-order valence-electron chi connectivity index (χ1n) is 8.79. The summed E-state index contributed by atoms with van der Waals surface area (Å²) in [6, 6.07) is 7.63. The average Bonchev–Trinajstić information content (AvgIpc) is 3.48. The summed E-state index contributed by atoms with van der Waals surface area (Å²) in [6.07, 6.45) is 4.82. The van der Waals surface area contributed by atoms with Gasteiger partial charge < -0.3 is 9.64 Å². The van der Waals surface area contributed by atoms with Crippen LogP contribution in [0.4, 0.5) is 0 Å². The van der Waals surface area contributed by atoms with Crippen LogP contribution in [0.3, 0.4) is 0 Å². The molecule has 4 rings (SSSR count). The highest BCUT2D eigenvalue weighted by Crippen LogP contribution is 2.21. The first kappa shape index (κ1) is 18.1. The average molecular weight is 383 g/mol. The Kier molecular flexibility index (Phi) is 5.00. The van der Waals surface area contributed by atoms with Gasteiger partial charge in [0.1, 0.15) is 18.2 Å². The molecular formula is C17H21N9O2. The van der Waals surface area contributed by atoms with Gasteiger partial charge in [-0.15, -0.1) is 5.10 Å². The van der Waals surface area contributed by atoms with E-state index >= 15 is 0 Å². The molecular weight excluding hydrogens is 362 g/mol. The quantitative estimate of drug-likeness (QED) is 0.599. The largest absolute Gasteiger partial charge is 0.497 e. The third-order valence-electron chi connectivity index (χ3n) is 4.67. The smallest absolute Gasteiger partial charge is 0.230 e. The lowest BCUT2D eigenvalue weighted by molar-refractivity contribution is -0.135. The van der Waals surface area contributed by atoms with Crippen molar-refractivity contribution in [3.05, 3.63) is 48.5 Å². The van der Waals surface area contributed by atoms with Gasteiger partial charge in [0.15, 0.2) is 0 Å². The third kappa shape index (κ3) is 3.57. The van der Waals surface area contributed by atoms with Gasteiger partial charge in [-0.25, -0.2) is 14.8 Å². The number of ether oxygens (including phenoxy) is 1. The van der Waals surface area contributed by atoms with Crippen molar-refractivity contribution in [1.29, 1.82) is 0 Å². The van der Waals surface area contributed by atoms with Gasteiger partial charge in [-0.05, 0) is 22.6 Å². The number of rotatable bonds is 6. The molecule has 2 aromatic heterocycles. The molecule has 0 saturated carbocycles. The van der Waals surface area contributed by atoms with Gasteiger partial charge in [-0.1, -0.05) is 6.07 Å². The first-order valence-corrected chi connectivity index (χ1v) is 8.79. The molecule has 11 nitrogen and oxygen atoms in total. The number of tetrazole rings is 1. The third-order valence-corrected chi connectivity index (χ3v) is 4.67. The van der Waals surface area contributed by atoms with Gasteiger partial charge in [0.05, 0.1) is 24.9 Å². The zero-order valence-corrected chi connectivity index (χ0v) is 15.6. The molecule has 146 valence electrons. The number of hydrogen-bond acceptors (Lipinski definition) is 8. The highest BCUT2D eigenvalue weighted by molar-refractivity contribution is 5.79. The van der Waals surface area contributed by atoms with Crippen molar-refractivity contribution in [2.45, 2.75) is 12.7 Å². The van der Waals surface area contributed by atoms with Crippen molar-refractivity contribution in [1.82, 2.24) is 45.7 Å². The minimum absolute atomic E-state index is 0.00729. The molecule has 3 aromatic rings. The molecule has 1 fully saturated rings. The number of hydrazine groups is 1. The Balaban J connectivity index is 1.44. The van der Waals surface area contributed by atoms with E-state index in [0.29, 0.717) is 13.1 Å². The van der Waals surface area contributed by atoms with Crippen LogP contribution in [0.2, 0.25) is 0 Å². The first-order chi connectivity index (χ1) is 13.7. The molecule has 11 heteroatoms. The van der Waals surface area contributed by atoms with Crippen molar-refractivity contribution in [2.75, 3.05) is 20.7 Å². The van der Waals surface area contributed by atoms with Gasteiger partial charge in [-0.3, -0.25) is 10.2 Å². The predicted molar refractivity (Wildman–Crippen MR) is 98.1 cm³/mol. The summed E-state index contributed by atoms with van der Waals surface area (Å²) in [4.78, 5) is 14.6. The van der Waals surface area contributed by atoms with E-state index in [-0.39, 0.29) is 18.0 Å². The summed E-state index contributed by atoms with van der Waals surface area (Å²) < 4.78 is 8.56. The maximum atomic E-state index is 12.9. The Morgan fingerprint density at radius 2 is 2.32 bits per heavy atom. The number of hydrogen-bond donors (Lipinski definition) is 2. The predicted octanol–water partition coefficient (Wildman–Crippen LogP) is -0.251. The van der Waals surface area contributed by atoms with Gasteiger partial charge in [-0.2, -0.15) is 5.10 Å². The van der Waals surface area contributed by atoms with Crippen molar-refractivity contribution >= 4 is 5.91 Å². The second kappa shape index (κ2) is 7.74. The van der Waals surface area contributed by atoms with Gasteiger partial charge in [0.2, 0.25) is 5.91 Å². The van der Waals surface area contributed by atoms with E-state index in [0.717, 1.165) is 17.0 Å². The van der Waals surface area contributed by atoms with Crippen LogP contribution < -0.4 is 15.6 Å². The fraction of sp³-hybridized carbons (Fsp3) is 0.353. The van der Waals surface area contributed by atoms with E-state index in [1.165, 1.54) is 11.0 Å². The highest BCUT2D eigenvalue weighted by Gasteiger charge is 2.36. The van der Waals surface area contributed by atoms with E-state index in [2.05, 4.69) is 31.5 Å². The molecule has 2 atom stereocenters. The van der Waals surface area contributed by atoms with Crippen LogP contribution in [0, 0.1) is 5.92 Å². The molecule has 2 unspecified atom stereocenters. The molecule has 0 spiro atoms. The molecule has 1 amide bonds. The number of benzene rings is 1. The van der Waals surface area contributed by atoms with Crippen LogP contribution in [0.5, 0.6) is 5.75 Å². The number of aromatic nitrogens is 6. The molecule has 2 N–H and O–H groups in total. The van der Waals surface area contributed by atoms with Crippen LogP contribution in [0.1, 0.15) is 11.7 Å². The number of nitrogens with zero attached hydrogens (tertiary/aromatic N) is 7. The molecule has 28 heavy (non-hydrogen) atoms. The fourth-order valence-electron chi connectivity index (χ4n) is 3.23. The van der Waals surface area contributed by atoms with E-state index in [4.69, 9.17) is 4.74 Å². The van der Waals surface area contributed by atoms with Crippen LogP contribution >= 0.6 is 0 Å². The van der Waals surface area contributed by atoms with Gasteiger partial charge in [0.25, 0.3) is 0 Å². The Labute approximate surface area is 161 Å². The monoisotopic (exact) mass is 383 g/mol.